The Morgan fingerprint density at radius 1 is 1.00 bits per heavy atom. The van der Waals surface area contributed by atoms with E-state index in [-0.39, 0.29) is 5.78 Å². The Hall–Kier alpha value is -1.51. The van der Waals surface area contributed by atoms with Crippen LogP contribution in [0.5, 0.6) is 11.5 Å². The van der Waals surface area contributed by atoms with Crippen LogP contribution in [0.15, 0.2) is 24.3 Å². The van der Waals surface area contributed by atoms with E-state index in [2.05, 4.69) is 6.92 Å². The van der Waals surface area contributed by atoms with E-state index in [1.165, 1.54) is 0 Å². The van der Waals surface area contributed by atoms with Gasteiger partial charge in [-0.15, -0.1) is 0 Å². The van der Waals surface area contributed by atoms with Crippen molar-refractivity contribution in [2.24, 2.45) is 0 Å². The summed E-state index contributed by atoms with van der Waals surface area (Å²) >= 11 is 0. The highest BCUT2D eigenvalue weighted by Crippen LogP contribution is 2.18. The van der Waals surface area contributed by atoms with Crippen LogP contribution >= 0.6 is 0 Å². The van der Waals surface area contributed by atoms with Crippen LogP contribution in [0, 0.1) is 0 Å². The van der Waals surface area contributed by atoms with Crippen LogP contribution < -0.4 is 9.47 Å². The van der Waals surface area contributed by atoms with Crippen molar-refractivity contribution in [2.75, 3.05) is 13.2 Å². The van der Waals surface area contributed by atoms with Gasteiger partial charge in [0.25, 0.3) is 0 Å². The fourth-order valence-electron chi connectivity index (χ4n) is 1.52. The molecule has 0 N–H and O–H groups in total. The average molecular weight is 250 g/mol. The van der Waals surface area contributed by atoms with Crippen molar-refractivity contribution in [2.45, 2.75) is 39.5 Å². The van der Waals surface area contributed by atoms with Gasteiger partial charge in [-0.05, 0) is 50.5 Å². The highest BCUT2D eigenvalue weighted by atomic mass is 16.5. The average Bonchev–Trinajstić information content (AvgIpc) is 2.37. The molecule has 0 aromatic heterocycles. The molecule has 1 rings (SSSR count). The summed E-state index contributed by atoms with van der Waals surface area (Å²) in [6, 6.07) is 7.66. The third kappa shape index (κ3) is 6.28. The first-order chi connectivity index (χ1) is 8.72. The number of Topliss-reactive ketones (excluding diaryl/α,β-unsaturated/α-hetero) is 1. The standard InChI is InChI=1S/C15H22O3/c1-3-11-17-14-7-9-15(10-8-14)18-12-5-4-6-13(2)16/h7-10H,3-6,11-12H2,1-2H3. The number of benzene rings is 1. The van der Waals surface area contributed by atoms with E-state index in [0.29, 0.717) is 13.0 Å². The molecule has 1 aromatic rings. The first kappa shape index (κ1) is 14.6. The van der Waals surface area contributed by atoms with Crippen LogP contribution in [-0.2, 0) is 4.79 Å². The van der Waals surface area contributed by atoms with Gasteiger partial charge in [-0.25, -0.2) is 0 Å². The predicted octanol–water partition coefficient (Wildman–Crippen LogP) is 3.61. The van der Waals surface area contributed by atoms with Crippen molar-refractivity contribution in [1.29, 1.82) is 0 Å². The molecule has 0 atom stereocenters. The van der Waals surface area contributed by atoms with Gasteiger partial charge in [0.15, 0.2) is 0 Å². The summed E-state index contributed by atoms with van der Waals surface area (Å²) in [6.45, 7) is 5.10. The van der Waals surface area contributed by atoms with Crippen LogP contribution in [0.3, 0.4) is 0 Å². The SMILES string of the molecule is CCCOc1ccc(OCCCCC(C)=O)cc1. The molecular weight excluding hydrogens is 228 g/mol. The summed E-state index contributed by atoms with van der Waals surface area (Å²) in [5.41, 5.74) is 0. The maximum Gasteiger partial charge on any atom is 0.129 e. The second kappa shape index (κ2) is 8.56. The molecule has 100 valence electrons. The molecule has 0 saturated carbocycles. The third-order valence-corrected chi connectivity index (χ3v) is 2.49. The minimum atomic E-state index is 0.243. The smallest absolute Gasteiger partial charge is 0.129 e. The van der Waals surface area contributed by atoms with E-state index in [0.717, 1.165) is 37.4 Å². The van der Waals surface area contributed by atoms with Gasteiger partial charge >= 0.3 is 0 Å². The summed E-state index contributed by atoms with van der Waals surface area (Å²) in [7, 11) is 0. The Morgan fingerprint density at radius 2 is 1.56 bits per heavy atom. The molecule has 0 unspecified atom stereocenters. The Balaban J connectivity index is 2.20. The fraction of sp³-hybridized carbons (Fsp3) is 0.533. The monoisotopic (exact) mass is 250 g/mol. The molecule has 0 radical (unpaired) electrons. The molecule has 0 heterocycles. The highest BCUT2D eigenvalue weighted by molar-refractivity contribution is 5.75. The van der Waals surface area contributed by atoms with E-state index in [1.54, 1.807) is 6.92 Å². The lowest BCUT2D eigenvalue weighted by Crippen LogP contribution is -1.99. The Labute approximate surface area is 109 Å². The molecule has 3 nitrogen and oxygen atoms in total. The maximum atomic E-state index is 10.7. The van der Waals surface area contributed by atoms with Gasteiger partial charge in [0.2, 0.25) is 0 Å². The van der Waals surface area contributed by atoms with Crippen molar-refractivity contribution < 1.29 is 14.3 Å². The number of carbonyl (C=O) groups is 1. The summed E-state index contributed by atoms with van der Waals surface area (Å²) in [5.74, 6) is 1.97. The van der Waals surface area contributed by atoms with Crippen LogP contribution in [0.25, 0.3) is 0 Å². The maximum absolute atomic E-state index is 10.7. The van der Waals surface area contributed by atoms with Crippen LogP contribution in [0.2, 0.25) is 0 Å². The van der Waals surface area contributed by atoms with Gasteiger partial charge < -0.3 is 14.3 Å². The van der Waals surface area contributed by atoms with E-state index >= 15 is 0 Å². The third-order valence-electron chi connectivity index (χ3n) is 2.49. The van der Waals surface area contributed by atoms with Crippen LogP contribution in [-0.4, -0.2) is 19.0 Å². The van der Waals surface area contributed by atoms with Crippen molar-refractivity contribution in [3.63, 3.8) is 0 Å². The Kier molecular flexibility index (Phi) is 6.92. The number of hydrogen-bond acceptors (Lipinski definition) is 3. The Morgan fingerprint density at radius 3 is 2.06 bits per heavy atom. The van der Waals surface area contributed by atoms with Crippen LogP contribution in [0.4, 0.5) is 0 Å². The second-order valence-corrected chi connectivity index (χ2v) is 4.33. The first-order valence-corrected chi connectivity index (χ1v) is 6.57. The lowest BCUT2D eigenvalue weighted by molar-refractivity contribution is -0.117. The van der Waals surface area contributed by atoms with Gasteiger partial charge in [0, 0.05) is 6.42 Å². The molecule has 18 heavy (non-hydrogen) atoms. The number of ketones is 1. The molecule has 0 bridgehead atoms. The largest absolute Gasteiger partial charge is 0.494 e. The summed E-state index contributed by atoms with van der Waals surface area (Å²) in [5, 5.41) is 0. The summed E-state index contributed by atoms with van der Waals surface area (Å²) in [4.78, 5) is 10.7. The van der Waals surface area contributed by atoms with Crippen molar-refractivity contribution in [3.05, 3.63) is 24.3 Å². The molecule has 0 aliphatic carbocycles. The molecule has 3 heteroatoms. The van der Waals surface area contributed by atoms with E-state index in [9.17, 15) is 4.79 Å². The van der Waals surface area contributed by atoms with E-state index in [1.807, 2.05) is 24.3 Å². The number of carbonyl (C=O) groups excluding carboxylic acids is 1. The minimum Gasteiger partial charge on any atom is -0.494 e. The molecular formula is C15H22O3. The van der Waals surface area contributed by atoms with E-state index in [4.69, 9.17) is 9.47 Å². The number of unbranched alkanes of at least 4 members (excludes halogenated alkanes) is 1. The van der Waals surface area contributed by atoms with Gasteiger partial charge in [-0.1, -0.05) is 6.92 Å². The van der Waals surface area contributed by atoms with Crippen LogP contribution in [0.1, 0.15) is 39.5 Å². The molecule has 0 spiro atoms. The van der Waals surface area contributed by atoms with Crippen molar-refractivity contribution >= 4 is 5.78 Å². The van der Waals surface area contributed by atoms with Gasteiger partial charge in [-0.2, -0.15) is 0 Å². The zero-order chi connectivity index (χ0) is 13.2. The second-order valence-electron chi connectivity index (χ2n) is 4.33. The normalized spacial score (nSPS) is 10.1. The molecule has 0 saturated heterocycles. The fourth-order valence-corrected chi connectivity index (χ4v) is 1.52. The van der Waals surface area contributed by atoms with Crippen molar-refractivity contribution in [3.8, 4) is 11.5 Å². The molecule has 0 aliphatic heterocycles. The minimum absolute atomic E-state index is 0.243. The van der Waals surface area contributed by atoms with Crippen molar-refractivity contribution in [1.82, 2.24) is 0 Å². The number of rotatable bonds is 9. The molecule has 0 amide bonds. The summed E-state index contributed by atoms with van der Waals surface area (Å²) in [6.07, 6.45) is 3.46. The lowest BCUT2D eigenvalue weighted by Gasteiger charge is -2.07. The van der Waals surface area contributed by atoms with Gasteiger partial charge in [0.1, 0.15) is 17.3 Å². The highest BCUT2D eigenvalue weighted by Gasteiger charge is 1.97. The Bertz CT molecular complexity index is 343. The lowest BCUT2D eigenvalue weighted by atomic mass is 10.2. The molecule has 0 fully saturated rings. The van der Waals surface area contributed by atoms with Gasteiger partial charge in [-0.3, -0.25) is 0 Å². The zero-order valence-corrected chi connectivity index (χ0v) is 11.3. The zero-order valence-electron chi connectivity index (χ0n) is 11.3. The number of hydrogen-bond donors (Lipinski definition) is 0. The molecule has 0 aliphatic rings. The first-order valence-electron chi connectivity index (χ1n) is 6.57. The molecule has 1 aromatic carbocycles. The number of ether oxygens (including phenoxy) is 2. The van der Waals surface area contributed by atoms with Gasteiger partial charge in [0.05, 0.1) is 13.2 Å². The topological polar surface area (TPSA) is 35.5 Å². The quantitative estimate of drug-likeness (QED) is 0.628. The van der Waals surface area contributed by atoms with E-state index < -0.39 is 0 Å². The summed E-state index contributed by atoms with van der Waals surface area (Å²) < 4.78 is 11.1. The predicted molar refractivity (Wildman–Crippen MR) is 72.3 cm³/mol.